The van der Waals surface area contributed by atoms with Crippen molar-refractivity contribution < 1.29 is 31.8 Å². The van der Waals surface area contributed by atoms with Gasteiger partial charge in [0.15, 0.2) is 5.79 Å². The van der Waals surface area contributed by atoms with Gasteiger partial charge in [-0.05, 0) is 120 Å². The molecule has 302 valence electrons. The number of esters is 1. The van der Waals surface area contributed by atoms with Crippen LogP contribution in [0.5, 0.6) is 0 Å². The number of carbonyl (C=O) groups excluding carboxylic acids is 1. The number of aromatic nitrogens is 1. The fourth-order valence-corrected chi connectivity index (χ4v) is 10.4. The largest absolute Gasteiger partial charge is 0.460 e. The number of aryl methyl sites for hydroxylation is 1. The van der Waals surface area contributed by atoms with E-state index in [1.807, 2.05) is 85.7 Å². The molecule has 8 nitrogen and oxygen atoms in total. The molecule has 2 aliphatic heterocycles. The highest BCUT2D eigenvalue weighted by Crippen LogP contribution is 2.46. The Kier molecular flexibility index (Phi) is 12.7. The standard InChI is InChI=1S/C46H59FN2O6S/c1-31(2)42-44(56(51,52)48-25-22-34(23-26-48)28-33-12-10-9-11-13-33)41(35-16-14-32(3)15-17-35)43(36-18-20-37(47)21-19-36)49(42)27-24-38-29-39(54-46(7,8)53-38)30-40(50)55-45(4,5)6/h9-21,31,34,38-39H,22-30H2,1-8H3/t38-,39-/m1/s1. The molecule has 3 heterocycles. The maximum Gasteiger partial charge on any atom is 0.308 e. The Morgan fingerprint density at radius 3 is 2.12 bits per heavy atom. The van der Waals surface area contributed by atoms with E-state index in [9.17, 15) is 9.18 Å². The molecule has 0 amide bonds. The second-order valence-corrected chi connectivity index (χ2v) is 19.2. The number of carbonyl (C=O) groups is 1. The Balaban J connectivity index is 1.41. The molecule has 0 radical (unpaired) electrons. The lowest BCUT2D eigenvalue weighted by molar-refractivity contribution is -0.301. The molecule has 6 rings (SSSR count). The Bertz CT molecular complexity index is 2060. The van der Waals surface area contributed by atoms with E-state index < -0.39 is 27.5 Å². The highest BCUT2D eigenvalue weighted by molar-refractivity contribution is 7.89. The molecule has 0 aliphatic carbocycles. The van der Waals surface area contributed by atoms with E-state index in [1.54, 1.807) is 16.4 Å². The molecule has 0 spiro atoms. The predicted molar refractivity (Wildman–Crippen MR) is 219 cm³/mol. The summed E-state index contributed by atoms with van der Waals surface area (Å²) < 4.78 is 67.2. The van der Waals surface area contributed by atoms with Crippen molar-refractivity contribution >= 4 is 16.0 Å². The zero-order valence-electron chi connectivity index (χ0n) is 34.3. The van der Waals surface area contributed by atoms with Crippen molar-refractivity contribution in [3.8, 4) is 22.4 Å². The normalized spacial score (nSPS) is 19.7. The molecule has 3 aromatic carbocycles. The quantitative estimate of drug-likeness (QED) is 0.133. The molecular formula is C46H59FN2O6S. The first-order valence-corrected chi connectivity index (χ1v) is 21.5. The van der Waals surface area contributed by atoms with Gasteiger partial charge in [-0.1, -0.05) is 74.0 Å². The van der Waals surface area contributed by atoms with Gasteiger partial charge in [0.25, 0.3) is 0 Å². The molecule has 1 aromatic heterocycles. The van der Waals surface area contributed by atoms with Crippen LogP contribution in [0.4, 0.5) is 4.39 Å². The van der Waals surface area contributed by atoms with Crippen LogP contribution in [-0.4, -0.2) is 59.9 Å². The average molecular weight is 787 g/mol. The van der Waals surface area contributed by atoms with Gasteiger partial charge in [-0.2, -0.15) is 4.31 Å². The van der Waals surface area contributed by atoms with E-state index in [1.165, 1.54) is 17.7 Å². The third-order valence-electron chi connectivity index (χ3n) is 10.7. The van der Waals surface area contributed by atoms with Crippen molar-refractivity contribution in [3.63, 3.8) is 0 Å². The van der Waals surface area contributed by atoms with Gasteiger partial charge in [-0.15, -0.1) is 0 Å². The third-order valence-corrected chi connectivity index (χ3v) is 12.7. The van der Waals surface area contributed by atoms with Crippen molar-refractivity contribution in [2.45, 2.75) is 135 Å². The van der Waals surface area contributed by atoms with Crippen molar-refractivity contribution in [2.24, 2.45) is 5.92 Å². The highest BCUT2D eigenvalue weighted by atomic mass is 32.2. The van der Waals surface area contributed by atoms with Gasteiger partial charge in [0, 0.05) is 37.3 Å². The van der Waals surface area contributed by atoms with Gasteiger partial charge >= 0.3 is 5.97 Å². The maximum absolute atomic E-state index is 15.3. The van der Waals surface area contributed by atoms with Gasteiger partial charge in [-0.25, -0.2) is 12.8 Å². The van der Waals surface area contributed by atoms with Crippen molar-refractivity contribution in [1.82, 2.24) is 8.87 Å². The van der Waals surface area contributed by atoms with Gasteiger partial charge < -0.3 is 18.8 Å². The first-order chi connectivity index (χ1) is 26.4. The number of hydrogen-bond donors (Lipinski definition) is 0. The van der Waals surface area contributed by atoms with E-state index in [4.69, 9.17) is 14.2 Å². The topological polar surface area (TPSA) is 87.1 Å². The Labute approximate surface area is 333 Å². The zero-order valence-corrected chi connectivity index (χ0v) is 35.1. The summed E-state index contributed by atoms with van der Waals surface area (Å²) in [6, 6.07) is 24.7. The highest BCUT2D eigenvalue weighted by Gasteiger charge is 2.40. The van der Waals surface area contributed by atoms with Gasteiger partial charge in [0.05, 0.1) is 24.3 Å². The van der Waals surface area contributed by atoms with Gasteiger partial charge in [-0.3, -0.25) is 4.79 Å². The molecule has 4 aromatic rings. The van der Waals surface area contributed by atoms with E-state index >= 15 is 8.42 Å². The zero-order chi connectivity index (χ0) is 40.4. The number of sulfonamides is 1. The smallest absolute Gasteiger partial charge is 0.308 e. The Hall–Kier alpha value is -3.83. The van der Waals surface area contributed by atoms with E-state index in [-0.39, 0.29) is 30.2 Å². The summed E-state index contributed by atoms with van der Waals surface area (Å²) in [6.07, 6.45) is 2.88. The number of rotatable bonds is 12. The summed E-state index contributed by atoms with van der Waals surface area (Å²) in [4.78, 5) is 13.2. The van der Waals surface area contributed by atoms with Crippen LogP contribution in [0.25, 0.3) is 22.4 Å². The molecule has 2 atom stereocenters. The molecule has 2 fully saturated rings. The number of nitrogens with zero attached hydrogens (tertiary/aromatic N) is 2. The molecule has 0 unspecified atom stereocenters. The molecule has 0 N–H and O–H groups in total. The maximum atomic E-state index is 15.3. The summed E-state index contributed by atoms with van der Waals surface area (Å²) in [7, 11) is -4.00. The molecule has 56 heavy (non-hydrogen) atoms. The summed E-state index contributed by atoms with van der Waals surface area (Å²) in [5, 5.41) is 0. The SMILES string of the molecule is Cc1ccc(-c2c(S(=O)(=O)N3CCC(Cc4ccccc4)CC3)c(C(C)C)n(CC[C@@H]3C[C@H](CC(=O)OC(C)(C)C)OC(C)(C)O3)c2-c2ccc(F)cc2)cc1. The molecular weight excluding hydrogens is 728 g/mol. The first-order valence-electron chi connectivity index (χ1n) is 20.1. The minimum Gasteiger partial charge on any atom is -0.460 e. The molecule has 10 heteroatoms. The fraction of sp³-hybridized carbons (Fsp3) is 0.500. The number of benzene rings is 3. The van der Waals surface area contributed by atoms with Crippen LogP contribution < -0.4 is 0 Å². The summed E-state index contributed by atoms with van der Waals surface area (Å²) in [6.45, 7) is 16.6. The van der Waals surface area contributed by atoms with Crippen LogP contribution in [0.1, 0.15) is 103 Å². The lowest BCUT2D eigenvalue weighted by Gasteiger charge is -2.41. The fourth-order valence-electron chi connectivity index (χ4n) is 8.37. The minimum absolute atomic E-state index is 0.101. The average Bonchev–Trinajstić information content (AvgIpc) is 3.47. The molecule has 2 saturated heterocycles. The van der Waals surface area contributed by atoms with Crippen LogP contribution in [0.3, 0.4) is 0 Å². The number of piperidine rings is 1. The molecule has 0 saturated carbocycles. The van der Waals surface area contributed by atoms with Crippen LogP contribution in [-0.2, 0) is 42.0 Å². The second kappa shape index (κ2) is 16.9. The van der Waals surface area contributed by atoms with E-state index in [0.29, 0.717) is 54.5 Å². The van der Waals surface area contributed by atoms with Crippen molar-refractivity contribution in [1.29, 1.82) is 0 Å². The van der Waals surface area contributed by atoms with E-state index in [0.717, 1.165) is 41.6 Å². The second-order valence-electron chi connectivity index (χ2n) is 17.3. The van der Waals surface area contributed by atoms with Crippen LogP contribution >= 0.6 is 0 Å². The monoisotopic (exact) mass is 786 g/mol. The van der Waals surface area contributed by atoms with Crippen molar-refractivity contribution in [2.75, 3.05) is 13.1 Å². The first kappa shape index (κ1) is 41.8. The van der Waals surface area contributed by atoms with Crippen LogP contribution in [0, 0.1) is 18.7 Å². The molecule has 0 bridgehead atoms. The number of hydrogen-bond acceptors (Lipinski definition) is 6. The number of halogens is 1. The number of ether oxygens (including phenoxy) is 3. The van der Waals surface area contributed by atoms with E-state index in [2.05, 4.69) is 28.8 Å². The summed E-state index contributed by atoms with van der Waals surface area (Å²) >= 11 is 0. The minimum atomic E-state index is -4.00. The van der Waals surface area contributed by atoms with Crippen LogP contribution in [0.15, 0.2) is 83.8 Å². The Morgan fingerprint density at radius 1 is 0.911 bits per heavy atom. The van der Waals surface area contributed by atoms with Gasteiger partial charge in [0.1, 0.15) is 16.3 Å². The van der Waals surface area contributed by atoms with Crippen LogP contribution in [0.2, 0.25) is 0 Å². The van der Waals surface area contributed by atoms with Gasteiger partial charge in [0.2, 0.25) is 10.0 Å². The lowest BCUT2D eigenvalue weighted by atomic mass is 9.91. The third kappa shape index (κ3) is 9.99. The summed E-state index contributed by atoms with van der Waals surface area (Å²) in [5.74, 6) is -1.42. The van der Waals surface area contributed by atoms with Crippen molar-refractivity contribution in [3.05, 3.63) is 102 Å². The summed E-state index contributed by atoms with van der Waals surface area (Å²) in [5.41, 5.74) is 5.30. The molecule has 2 aliphatic rings. The lowest BCUT2D eigenvalue weighted by Crippen LogP contribution is -2.46. The predicted octanol–water partition coefficient (Wildman–Crippen LogP) is 10.1. The Morgan fingerprint density at radius 2 is 1.52 bits per heavy atom.